The average Bonchev–Trinajstić information content (AvgIpc) is 2.43. The molecule has 2 aromatic carbocycles. The van der Waals surface area contributed by atoms with Crippen molar-refractivity contribution < 1.29 is 18.3 Å². The molecule has 6 heteroatoms. The van der Waals surface area contributed by atoms with Crippen LogP contribution in [0.5, 0.6) is 5.75 Å². The van der Waals surface area contributed by atoms with Gasteiger partial charge in [-0.1, -0.05) is 29.3 Å². The largest absolute Gasteiger partial charge is 0.435 e. The van der Waals surface area contributed by atoms with Crippen LogP contribution in [0.2, 0.25) is 10.0 Å². The Labute approximate surface area is 130 Å². The molecule has 0 aromatic heterocycles. The molecular weight excluding hydrogens is 321 g/mol. The minimum atomic E-state index is -2.89. The summed E-state index contributed by atoms with van der Waals surface area (Å²) in [5.41, 5.74) is 1.13. The van der Waals surface area contributed by atoms with Gasteiger partial charge in [0.25, 0.3) is 0 Å². The molecule has 0 amide bonds. The molecule has 110 valence electrons. The van der Waals surface area contributed by atoms with Crippen molar-refractivity contribution in [3.05, 3.63) is 63.6 Å². The number of hydrogen-bond acceptors (Lipinski definition) is 2. The van der Waals surface area contributed by atoms with Crippen molar-refractivity contribution in [1.82, 2.24) is 0 Å². The van der Waals surface area contributed by atoms with E-state index in [-0.39, 0.29) is 18.0 Å². The second kappa shape index (κ2) is 6.87. The van der Waals surface area contributed by atoms with Crippen molar-refractivity contribution in [2.24, 2.45) is 0 Å². The first kappa shape index (κ1) is 15.7. The van der Waals surface area contributed by atoms with Crippen LogP contribution in [0, 0.1) is 0 Å². The number of Topliss-reactive ketones (excluding diaryl/α,β-unsaturated/α-hetero) is 1. The van der Waals surface area contributed by atoms with Gasteiger partial charge in [-0.05, 0) is 42.0 Å². The summed E-state index contributed by atoms with van der Waals surface area (Å²) in [5.74, 6) is -0.145. The van der Waals surface area contributed by atoms with Crippen molar-refractivity contribution in [3.8, 4) is 5.75 Å². The summed E-state index contributed by atoms with van der Waals surface area (Å²) in [6.07, 6.45) is 0.145. The first-order valence-electron chi connectivity index (χ1n) is 5.97. The lowest BCUT2D eigenvalue weighted by atomic mass is 10.0. The summed E-state index contributed by atoms with van der Waals surface area (Å²) in [4.78, 5) is 12.1. The molecular formula is C15H10Cl2F2O2. The quantitative estimate of drug-likeness (QED) is 0.719. The fraction of sp³-hybridized carbons (Fsp3) is 0.133. The third kappa shape index (κ3) is 4.41. The van der Waals surface area contributed by atoms with Gasteiger partial charge in [0.05, 0.1) is 10.0 Å². The molecule has 0 aliphatic heterocycles. The van der Waals surface area contributed by atoms with E-state index in [0.717, 1.165) is 5.56 Å². The van der Waals surface area contributed by atoms with Crippen LogP contribution >= 0.6 is 23.2 Å². The van der Waals surface area contributed by atoms with E-state index in [2.05, 4.69) is 4.74 Å². The van der Waals surface area contributed by atoms with Gasteiger partial charge in [0.2, 0.25) is 0 Å². The molecule has 0 spiro atoms. The molecule has 0 fully saturated rings. The third-order valence-electron chi connectivity index (χ3n) is 2.75. The molecule has 0 N–H and O–H groups in total. The Kier molecular flexibility index (Phi) is 5.15. The standard InChI is InChI=1S/C15H10Cl2F2O2/c16-12-6-1-9(7-13(12)17)8-14(20)10-2-4-11(5-3-10)21-15(18)19/h1-7,15H,8H2. The van der Waals surface area contributed by atoms with E-state index >= 15 is 0 Å². The highest BCUT2D eigenvalue weighted by molar-refractivity contribution is 6.42. The Balaban J connectivity index is 2.07. The monoisotopic (exact) mass is 330 g/mol. The summed E-state index contributed by atoms with van der Waals surface area (Å²) in [6, 6.07) is 10.5. The van der Waals surface area contributed by atoms with Gasteiger partial charge in [-0.3, -0.25) is 4.79 Å². The highest BCUT2D eigenvalue weighted by Crippen LogP contribution is 2.23. The van der Waals surface area contributed by atoms with Crippen LogP contribution in [0.25, 0.3) is 0 Å². The van der Waals surface area contributed by atoms with E-state index in [1.165, 1.54) is 24.3 Å². The van der Waals surface area contributed by atoms with Gasteiger partial charge in [-0.2, -0.15) is 8.78 Å². The normalized spacial score (nSPS) is 10.7. The van der Waals surface area contributed by atoms with Crippen LogP contribution in [0.3, 0.4) is 0 Å². The second-order valence-electron chi connectivity index (χ2n) is 4.25. The molecule has 0 unspecified atom stereocenters. The topological polar surface area (TPSA) is 26.3 Å². The maximum atomic E-state index is 12.1. The maximum Gasteiger partial charge on any atom is 0.387 e. The van der Waals surface area contributed by atoms with E-state index < -0.39 is 6.61 Å². The molecule has 2 aromatic rings. The highest BCUT2D eigenvalue weighted by Gasteiger charge is 2.10. The number of carbonyl (C=O) groups excluding carboxylic acids is 1. The SMILES string of the molecule is O=C(Cc1ccc(Cl)c(Cl)c1)c1ccc(OC(F)F)cc1. The first-order valence-corrected chi connectivity index (χ1v) is 6.73. The van der Waals surface area contributed by atoms with E-state index in [1.54, 1.807) is 18.2 Å². The van der Waals surface area contributed by atoms with E-state index in [1.807, 2.05) is 0 Å². The zero-order valence-corrected chi connectivity index (χ0v) is 12.2. The molecule has 2 rings (SSSR count). The van der Waals surface area contributed by atoms with Crippen LogP contribution < -0.4 is 4.74 Å². The summed E-state index contributed by atoms with van der Waals surface area (Å²) in [7, 11) is 0. The van der Waals surface area contributed by atoms with Crippen molar-refractivity contribution >= 4 is 29.0 Å². The molecule has 0 aliphatic carbocycles. The first-order chi connectivity index (χ1) is 9.95. The lowest BCUT2D eigenvalue weighted by Crippen LogP contribution is -2.05. The Morgan fingerprint density at radius 3 is 2.29 bits per heavy atom. The minimum Gasteiger partial charge on any atom is -0.435 e. The summed E-state index contributed by atoms with van der Waals surface area (Å²) in [5, 5.41) is 0.795. The zero-order valence-electron chi connectivity index (χ0n) is 10.7. The van der Waals surface area contributed by atoms with Gasteiger partial charge in [0.1, 0.15) is 5.75 Å². The smallest absolute Gasteiger partial charge is 0.387 e. The number of ether oxygens (including phenoxy) is 1. The number of alkyl halides is 2. The molecule has 0 aliphatic rings. The number of halogens is 4. The van der Waals surface area contributed by atoms with Crippen molar-refractivity contribution in [1.29, 1.82) is 0 Å². The van der Waals surface area contributed by atoms with Crippen molar-refractivity contribution in [3.63, 3.8) is 0 Å². The Morgan fingerprint density at radius 2 is 1.71 bits per heavy atom. The highest BCUT2D eigenvalue weighted by atomic mass is 35.5. The fourth-order valence-corrected chi connectivity index (χ4v) is 2.08. The van der Waals surface area contributed by atoms with Crippen LogP contribution in [0.1, 0.15) is 15.9 Å². The Hall–Kier alpha value is -1.65. The summed E-state index contributed by atoms with van der Waals surface area (Å²) < 4.78 is 28.3. The van der Waals surface area contributed by atoms with Gasteiger partial charge in [0, 0.05) is 12.0 Å². The number of benzene rings is 2. The minimum absolute atomic E-state index is 0.0103. The van der Waals surface area contributed by atoms with Gasteiger partial charge >= 0.3 is 6.61 Å². The van der Waals surface area contributed by atoms with Crippen LogP contribution in [0.4, 0.5) is 8.78 Å². The predicted octanol–water partition coefficient (Wildman–Crippen LogP) is 5.02. The van der Waals surface area contributed by atoms with Crippen LogP contribution in [-0.4, -0.2) is 12.4 Å². The van der Waals surface area contributed by atoms with Gasteiger partial charge < -0.3 is 4.74 Å². The number of carbonyl (C=O) groups is 1. The lowest BCUT2D eigenvalue weighted by molar-refractivity contribution is -0.0498. The number of rotatable bonds is 5. The predicted molar refractivity (Wildman–Crippen MR) is 77.6 cm³/mol. The molecule has 0 bridgehead atoms. The lowest BCUT2D eigenvalue weighted by Gasteiger charge is -2.06. The van der Waals surface area contributed by atoms with E-state index in [0.29, 0.717) is 15.6 Å². The van der Waals surface area contributed by atoms with Crippen LogP contribution in [-0.2, 0) is 6.42 Å². The van der Waals surface area contributed by atoms with Gasteiger partial charge in [-0.15, -0.1) is 0 Å². The zero-order chi connectivity index (χ0) is 15.4. The molecule has 0 heterocycles. The molecule has 0 radical (unpaired) electrons. The number of hydrogen-bond donors (Lipinski definition) is 0. The molecule has 2 nitrogen and oxygen atoms in total. The van der Waals surface area contributed by atoms with E-state index in [4.69, 9.17) is 23.2 Å². The number of ketones is 1. The third-order valence-corrected chi connectivity index (χ3v) is 3.49. The summed E-state index contributed by atoms with van der Waals surface area (Å²) >= 11 is 11.7. The molecule has 21 heavy (non-hydrogen) atoms. The fourth-order valence-electron chi connectivity index (χ4n) is 1.76. The Morgan fingerprint density at radius 1 is 1.05 bits per heavy atom. The molecule has 0 saturated heterocycles. The second-order valence-corrected chi connectivity index (χ2v) is 5.07. The maximum absolute atomic E-state index is 12.1. The molecule has 0 atom stereocenters. The average molecular weight is 331 g/mol. The van der Waals surface area contributed by atoms with E-state index in [9.17, 15) is 13.6 Å². The van der Waals surface area contributed by atoms with Gasteiger partial charge in [-0.25, -0.2) is 0 Å². The Bertz CT molecular complexity index is 643. The van der Waals surface area contributed by atoms with Gasteiger partial charge in [0.15, 0.2) is 5.78 Å². The van der Waals surface area contributed by atoms with Crippen molar-refractivity contribution in [2.45, 2.75) is 13.0 Å². The summed E-state index contributed by atoms with van der Waals surface area (Å²) in [6.45, 7) is -2.89. The van der Waals surface area contributed by atoms with Crippen molar-refractivity contribution in [2.75, 3.05) is 0 Å². The van der Waals surface area contributed by atoms with Crippen LogP contribution in [0.15, 0.2) is 42.5 Å². The molecule has 0 saturated carbocycles.